The molecule has 0 heterocycles. The highest BCUT2D eigenvalue weighted by Gasteiger charge is 2.24. The largest absolute Gasteiger partial charge is 0.493 e. The minimum atomic E-state index is -4.20. The molecular weight excluding hydrogens is 462 g/mol. The molecule has 2 aromatic rings. The molecule has 200 valence electrons. The van der Waals surface area contributed by atoms with Crippen molar-refractivity contribution in [2.75, 3.05) is 40.4 Å². The average Bonchev–Trinajstić information content (AvgIpc) is 2.86. The number of rotatable bonds is 15. The molecule has 0 aliphatic carbocycles. The molecule has 0 unspecified atom stereocenters. The van der Waals surface area contributed by atoms with Gasteiger partial charge in [-0.05, 0) is 60.7 Å². The van der Waals surface area contributed by atoms with Gasteiger partial charge in [0.15, 0.2) is 11.5 Å². The van der Waals surface area contributed by atoms with Crippen LogP contribution < -0.4 is 9.47 Å². The minimum absolute atomic E-state index is 0.151. The van der Waals surface area contributed by atoms with Crippen LogP contribution in [-0.2, 0) is 10.1 Å². The molecule has 2 rings (SSSR count). The first-order chi connectivity index (χ1) is 16.7. The quantitative estimate of drug-likeness (QED) is 0.204. The van der Waals surface area contributed by atoms with E-state index >= 15 is 0 Å². The van der Waals surface area contributed by atoms with Gasteiger partial charge in [0.05, 0.1) is 45.3 Å². The smallest absolute Gasteiger partial charge is 0.294 e. The zero-order valence-corrected chi connectivity index (χ0v) is 23.6. The number of hydrogen-bond donors (Lipinski definition) is 1. The van der Waals surface area contributed by atoms with Gasteiger partial charge in [-0.2, -0.15) is 8.42 Å². The Hall–Kier alpha value is -1.83. The zero-order valence-electron chi connectivity index (χ0n) is 22.8. The first kappa shape index (κ1) is 31.2. The molecule has 7 heteroatoms. The third-order valence-corrected chi connectivity index (χ3v) is 7.41. The third-order valence-electron chi connectivity index (χ3n) is 6.56. The predicted molar refractivity (Wildman–Crippen MR) is 146 cm³/mol. The van der Waals surface area contributed by atoms with E-state index in [0.717, 1.165) is 5.39 Å². The molecule has 0 bridgehead atoms. The lowest BCUT2D eigenvalue weighted by Gasteiger charge is -2.39. The standard InChI is InChI=1S/C16H36N.C12H12O5S/c1-5-9-13-17(14-10-6-2,15-11-7-3)16-12-8-4;1-16-11-6-8-3-4-10(18(13,14)15)5-9(8)7-12(11)17-2/h5-16H2,1-4H3;3-7H,1-2H3,(H,13,14,15)/q+1;. The van der Waals surface area contributed by atoms with E-state index in [0.29, 0.717) is 16.9 Å². The summed E-state index contributed by atoms with van der Waals surface area (Å²) in [5, 5.41) is 1.43. The predicted octanol–water partition coefficient (Wildman–Crippen LogP) is 7.11. The fraction of sp³-hybridized carbons (Fsp3) is 0.643. The lowest BCUT2D eigenvalue weighted by atomic mass is 10.1. The van der Waals surface area contributed by atoms with E-state index in [1.54, 1.807) is 18.2 Å². The van der Waals surface area contributed by atoms with Gasteiger partial charge in [-0.25, -0.2) is 0 Å². The van der Waals surface area contributed by atoms with Crippen LogP contribution in [0.25, 0.3) is 10.8 Å². The number of fused-ring (bicyclic) bond motifs is 1. The van der Waals surface area contributed by atoms with Crippen LogP contribution in [0.2, 0.25) is 0 Å². The fourth-order valence-corrected chi connectivity index (χ4v) is 4.87. The SMILES string of the molecule is CCCC[N+](CCCC)(CCCC)CCCC.COc1cc2ccc(S(=O)(=O)O)cc2cc1OC. The molecule has 2 aromatic carbocycles. The van der Waals surface area contributed by atoms with Gasteiger partial charge in [-0.3, -0.25) is 4.55 Å². The highest BCUT2D eigenvalue weighted by Crippen LogP contribution is 2.33. The van der Waals surface area contributed by atoms with Crippen LogP contribution in [0.4, 0.5) is 0 Å². The van der Waals surface area contributed by atoms with Crippen LogP contribution in [0.1, 0.15) is 79.1 Å². The van der Waals surface area contributed by atoms with Crippen molar-refractivity contribution in [2.45, 2.75) is 84.0 Å². The summed E-state index contributed by atoms with van der Waals surface area (Å²) in [4.78, 5) is -0.151. The van der Waals surface area contributed by atoms with Crippen molar-refractivity contribution < 1.29 is 26.9 Å². The number of unbranched alkanes of at least 4 members (excludes halogenated alkanes) is 4. The summed E-state index contributed by atoms with van der Waals surface area (Å²) in [6, 6.07) is 7.71. The van der Waals surface area contributed by atoms with Gasteiger partial charge < -0.3 is 14.0 Å². The van der Waals surface area contributed by atoms with E-state index in [9.17, 15) is 8.42 Å². The molecule has 0 saturated heterocycles. The molecule has 0 radical (unpaired) electrons. The van der Waals surface area contributed by atoms with E-state index in [1.165, 1.54) is 108 Å². The molecule has 0 saturated carbocycles. The Morgan fingerprint density at radius 3 is 1.43 bits per heavy atom. The fourth-order valence-electron chi connectivity index (χ4n) is 4.36. The van der Waals surface area contributed by atoms with E-state index in [2.05, 4.69) is 27.7 Å². The van der Waals surface area contributed by atoms with E-state index in [1.807, 2.05) is 0 Å². The van der Waals surface area contributed by atoms with Crippen molar-refractivity contribution in [2.24, 2.45) is 0 Å². The lowest BCUT2D eigenvalue weighted by Crippen LogP contribution is -2.50. The van der Waals surface area contributed by atoms with E-state index in [4.69, 9.17) is 14.0 Å². The second kappa shape index (κ2) is 16.0. The Kier molecular flexibility index (Phi) is 14.3. The van der Waals surface area contributed by atoms with Gasteiger partial charge in [0, 0.05) is 0 Å². The normalized spacial score (nSPS) is 11.7. The van der Waals surface area contributed by atoms with Gasteiger partial charge in [-0.15, -0.1) is 0 Å². The summed E-state index contributed by atoms with van der Waals surface area (Å²) >= 11 is 0. The van der Waals surface area contributed by atoms with Crippen LogP contribution in [0.15, 0.2) is 35.2 Å². The molecule has 1 N–H and O–H groups in total. The Morgan fingerprint density at radius 1 is 0.686 bits per heavy atom. The van der Waals surface area contributed by atoms with Crippen molar-refractivity contribution in [1.82, 2.24) is 0 Å². The molecule has 0 aliphatic heterocycles. The molecule has 0 spiro atoms. The summed E-state index contributed by atoms with van der Waals surface area (Å²) in [6.45, 7) is 15.0. The zero-order chi connectivity index (χ0) is 26.3. The van der Waals surface area contributed by atoms with Gasteiger partial charge in [0.2, 0.25) is 0 Å². The molecular formula is C28H48NO5S+. The number of ether oxygens (including phenoxy) is 2. The Labute approximate surface area is 214 Å². The average molecular weight is 511 g/mol. The number of benzene rings is 2. The monoisotopic (exact) mass is 510 g/mol. The summed E-state index contributed by atoms with van der Waals surface area (Å²) < 4.78 is 42.8. The van der Waals surface area contributed by atoms with Gasteiger partial charge in [0.1, 0.15) is 0 Å². The van der Waals surface area contributed by atoms with Crippen molar-refractivity contribution in [3.8, 4) is 11.5 Å². The van der Waals surface area contributed by atoms with Gasteiger partial charge >= 0.3 is 0 Å². The number of quaternary nitrogens is 1. The van der Waals surface area contributed by atoms with Crippen molar-refractivity contribution in [3.63, 3.8) is 0 Å². The van der Waals surface area contributed by atoms with E-state index < -0.39 is 10.1 Å². The van der Waals surface area contributed by atoms with Crippen molar-refractivity contribution in [3.05, 3.63) is 30.3 Å². The highest BCUT2D eigenvalue weighted by atomic mass is 32.2. The van der Waals surface area contributed by atoms with Gasteiger partial charge in [-0.1, -0.05) is 59.4 Å². The first-order valence-electron chi connectivity index (χ1n) is 13.2. The van der Waals surface area contributed by atoms with Crippen LogP contribution in [0, 0.1) is 0 Å². The Morgan fingerprint density at radius 2 is 1.09 bits per heavy atom. The molecule has 0 aromatic heterocycles. The molecule has 0 aliphatic rings. The number of hydrogen-bond acceptors (Lipinski definition) is 4. The third kappa shape index (κ3) is 10.4. The Bertz CT molecular complexity index is 937. The molecule has 0 fully saturated rings. The van der Waals surface area contributed by atoms with E-state index in [-0.39, 0.29) is 4.90 Å². The molecule has 0 amide bonds. The number of nitrogens with zero attached hydrogens (tertiary/aromatic N) is 1. The second-order valence-electron chi connectivity index (χ2n) is 9.34. The summed E-state index contributed by atoms with van der Waals surface area (Å²) in [5.41, 5.74) is 0. The lowest BCUT2D eigenvalue weighted by molar-refractivity contribution is -0.929. The van der Waals surface area contributed by atoms with Crippen molar-refractivity contribution >= 4 is 20.9 Å². The maximum absolute atomic E-state index is 11.1. The first-order valence-corrected chi connectivity index (χ1v) is 14.6. The highest BCUT2D eigenvalue weighted by molar-refractivity contribution is 7.85. The van der Waals surface area contributed by atoms with Crippen molar-refractivity contribution in [1.29, 1.82) is 0 Å². The van der Waals surface area contributed by atoms with Crippen LogP contribution in [0.5, 0.6) is 11.5 Å². The summed E-state index contributed by atoms with van der Waals surface area (Å²) in [7, 11) is -1.18. The summed E-state index contributed by atoms with van der Waals surface area (Å²) in [6.07, 6.45) is 11.1. The minimum Gasteiger partial charge on any atom is -0.493 e. The molecule has 0 atom stereocenters. The maximum Gasteiger partial charge on any atom is 0.294 e. The van der Waals surface area contributed by atoms with Crippen LogP contribution in [0.3, 0.4) is 0 Å². The number of methoxy groups -OCH3 is 2. The van der Waals surface area contributed by atoms with Crippen LogP contribution in [-0.4, -0.2) is 57.9 Å². The Balaban J connectivity index is 0.000000351. The molecule has 6 nitrogen and oxygen atoms in total. The van der Waals surface area contributed by atoms with Gasteiger partial charge in [0.25, 0.3) is 10.1 Å². The maximum atomic E-state index is 11.1. The molecule has 35 heavy (non-hydrogen) atoms. The second-order valence-corrected chi connectivity index (χ2v) is 10.8. The van der Waals surface area contributed by atoms with Crippen LogP contribution >= 0.6 is 0 Å². The topological polar surface area (TPSA) is 72.8 Å². The summed E-state index contributed by atoms with van der Waals surface area (Å²) in [5.74, 6) is 1.06.